The van der Waals surface area contributed by atoms with Crippen molar-refractivity contribution >= 4 is 17.3 Å². The van der Waals surface area contributed by atoms with Crippen LogP contribution in [0.1, 0.15) is 44.6 Å². The summed E-state index contributed by atoms with van der Waals surface area (Å²) in [5.74, 6) is -0.0553. The molecule has 0 bridgehead atoms. The van der Waals surface area contributed by atoms with E-state index in [1.807, 2.05) is 25.1 Å². The molecule has 4 nitrogen and oxygen atoms in total. The quantitative estimate of drug-likeness (QED) is 0.779. The molecule has 0 aromatic heterocycles. The lowest BCUT2D eigenvalue weighted by Crippen LogP contribution is -2.35. The van der Waals surface area contributed by atoms with Gasteiger partial charge in [0.15, 0.2) is 0 Å². The Balaban J connectivity index is 1.99. The molecule has 0 saturated heterocycles. The summed E-state index contributed by atoms with van der Waals surface area (Å²) in [6, 6.07) is 5.94. The lowest BCUT2D eigenvalue weighted by Gasteiger charge is -2.36. The van der Waals surface area contributed by atoms with Crippen LogP contribution in [-0.4, -0.2) is 24.2 Å². The summed E-state index contributed by atoms with van der Waals surface area (Å²) in [4.78, 5) is 11.1. The minimum atomic E-state index is -0.0553. The van der Waals surface area contributed by atoms with Gasteiger partial charge in [0.1, 0.15) is 0 Å². The molecule has 0 radical (unpaired) electrons. The van der Waals surface area contributed by atoms with Gasteiger partial charge in [0.2, 0.25) is 5.91 Å². The van der Waals surface area contributed by atoms with E-state index in [1.54, 1.807) is 0 Å². The van der Waals surface area contributed by atoms with Gasteiger partial charge in [-0.2, -0.15) is 0 Å². The van der Waals surface area contributed by atoms with E-state index < -0.39 is 0 Å². The van der Waals surface area contributed by atoms with Crippen LogP contribution in [0.25, 0.3) is 0 Å². The molecule has 1 aromatic rings. The summed E-state index contributed by atoms with van der Waals surface area (Å²) in [6.07, 6.45) is 5.90. The number of aryl methyl sites for hydroxylation is 1. The Kier molecular flexibility index (Phi) is 5.23. The zero-order chi connectivity index (χ0) is 15.3. The summed E-state index contributed by atoms with van der Waals surface area (Å²) in [6.45, 7) is 4.56. The first kappa shape index (κ1) is 15.8. The Morgan fingerprint density at radius 1 is 1.29 bits per heavy atom. The van der Waals surface area contributed by atoms with Crippen LogP contribution in [0.3, 0.4) is 0 Å². The first-order valence-corrected chi connectivity index (χ1v) is 7.78. The molecule has 0 heterocycles. The first-order chi connectivity index (χ1) is 10.0. The third-order valence-corrected chi connectivity index (χ3v) is 4.45. The van der Waals surface area contributed by atoms with E-state index in [9.17, 15) is 9.90 Å². The Morgan fingerprint density at radius 3 is 2.57 bits per heavy atom. The molecule has 3 N–H and O–H groups in total. The van der Waals surface area contributed by atoms with Crippen LogP contribution in [0.4, 0.5) is 11.4 Å². The predicted molar refractivity (Wildman–Crippen MR) is 86.6 cm³/mol. The van der Waals surface area contributed by atoms with Crippen LogP contribution in [0.15, 0.2) is 18.2 Å². The Bertz CT molecular complexity index is 494. The fourth-order valence-corrected chi connectivity index (χ4v) is 3.09. The number of hydrogen-bond donors (Lipinski definition) is 3. The summed E-state index contributed by atoms with van der Waals surface area (Å²) in [5.41, 5.74) is 2.96. The molecule has 1 fully saturated rings. The highest BCUT2D eigenvalue weighted by molar-refractivity contribution is 5.89. The minimum Gasteiger partial charge on any atom is -0.396 e. The van der Waals surface area contributed by atoms with Crippen molar-refractivity contribution in [3.05, 3.63) is 23.8 Å². The topological polar surface area (TPSA) is 61.4 Å². The molecule has 1 aliphatic rings. The number of hydrogen-bond acceptors (Lipinski definition) is 3. The highest BCUT2D eigenvalue weighted by Crippen LogP contribution is 2.36. The normalized spacial score (nSPS) is 17.3. The molecule has 0 spiro atoms. The lowest BCUT2D eigenvalue weighted by molar-refractivity contribution is -0.114. The number of rotatable bonds is 5. The van der Waals surface area contributed by atoms with Crippen molar-refractivity contribution in [2.75, 3.05) is 23.8 Å². The van der Waals surface area contributed by atoms with Gasteiger partial charge in [-0.25, -0.2) is 0 Å². The van der Waals surface area contributed by atoms with Gasteiger partial charge >= 0.3 is 0 Å². The predicted octanol–water partition coefficient (Wildman–Crippen LogP) is 3.31. The van der Waals surface area contributed by atoms with Gasteiger partial charge in [-0.05, 0) is 43.5 Å². The molecule has 2 rings (SSSR count). The third kappa shape index (κ3) is 4.21. The van der Waals surface area contributed by atoms with Crippen LogP contribution in [0.2, 0.25) is 0 Å². The van der Waals surface area contributed by atoms with E-state index in [1.165, 1.54) is 26.2 Å². The van der Waals surface area contributed by atoms with Crippen molar-refractivity contribution in [1.82, 2.24) is 0 Å². The van der Waals surface area contributed by atoms with Gasteiger partial charge in [-0.3, -0.25) is 4.79 Å². The number of aliphatic hydroxyl groups excluding tert-OH is 1. The van der Waals surface area contributed by atoms with Crippen molar-refractivity contribution in [2.45, 2.75) is 46.0 Å². The van der Waals surface area contributed by atoms with Gasteiger partial charge in [0, 0.05) is 30.3 Å². The molecule has 1 aromatic carbocycles. The summed E-state index contributed by atoms with van der Waals surface area (Å²) in [7, 11) is 0. The van der Waals surface area contributed by atoms with E-state index in [2.05, 4.69) is 10.6 Å². The summed E-state index contributed by atoms with van der Waals surface area (Å²) < 4.78 is 0. The number of benzene rings is 1. The first-order valence-electron chi connectivity index (χ1n) is 7.78. The molecule has 0 aliphatic heterocycles. The number of carbonyl (C=O) groups excluding carboxylic acids is 1. The monoisotopic (exact) mass is 290 g/mol. The van der Waals surface area contributed by atoms with E-state index in [-0.39, 0.29) is 17.9 Å². The van der Waals surface area contributed by atoms with Crippen molar-refractivity contribution < 1.29 is 9.90 Å². The minimum absolute atomic E-state index is 0.0302. The summed E-state index contributed by atoms with van der Waals surface area (Å²) in [5, 5.41) is 16.0. The number of nitrogens with one attached hydrogen (secondary N) is 2. The average Bonchev–Trinajstić information content (AvgIpc) is 2.48. The fourth-order valence-electron chi connectivity index (χ4n) is 3.09. The highest BCUT2D eigenvalue weighted by atomic mass is 16.3. The fraction of sp³-hybridized carbons (Fsp3) is 0.588. The van der Waals surface area contributed by atoms with E-state index >= 15 is 0 Å². The molecule has 1 amide bonds. The van der Waals surface area contributed by atoms with E-state index in [0.717, 1.165) is 36.3 Å². The molecule has 21 heavy (non-hydrogen) atoms. The van der Waals surface area contributed by atoms with Gasteiger partial charge in [0.25, 0.3) is 0 Å². The average molecular weight is 290 g/mol. The van der Waals surface area contributed by atoms with Crippen molar-refractivity contribution in [3.63, 3.8) is 0 Å². The second-order valence-electron chi connectivity index (χ2n) is 6.28. The maximum atomic E-state index is 11.1. The zero-order valence-electron chi connectivity index (χ0n) is 13.0. The van der Waals surface area contributed by atoms with Crippen molar-refractivity contribution in [3.8, 4) is 0 Å². The molecule has 116 valence electrons. The van der Waals surface area contributed by atoms with Gasteiger partial charge < -0.3 is 15.7 Å². The van der Waals surface area contributed by atoms with E-state index in [4.69, 9.17) is 0 Å². The Labute approximate surface area is 126 Å². The van der Waals surface area contributed by atoms with Gasteiger partial charge in [-0.15, -0.1) is 0 Å². The standard InChI is InChI=1S/C17H26N2O2/c1-13-10-15(6-7-16(13)19-14(2)21)18-11-17(12-20)8-4-3-5-9-17/h6-7,10,18,20H,3-5,8-9,11-12H2,1-2H3,(H,19,21). The number of carbonyl (C=O) groups is 1. The van der Waals surface area contributed by atoms with Crippen LogP contribution in [-0.2, 0) is 4.79 Å². The number of anilines is 2. The second-order valence-corrected chi connectivity index (χ2v) is 6.28. The highest BCUT2D eigenvalue weighted by Gasteiger charge is 2.31. The molecule has 4 heteroatoms. The molecule has 0 unspecified atom stereocenters. The van der Waals surface area contributed by atoms with Crippen molar-refractivity contribution in [2.24, 2.45) is 5.41 Å². The maximum absolute atomic E-state index is 11.1. The maximum Gasteiger partial charge on any atom is 0.221 e. The molecule has 1 saturated carbocycles. The third-order valence-electron chi connectivity index (χ3n) is 4.45. The molecule has 0 atom stereocenters. The lowest BCUT2D eigenvalue weighted by atomic mass is 9.74. The van der Waals surface area contributed by atoms with Crippen LogP contribution in [0, 0.1) is 12.3 Å². The second kappa shape index (κ2) is 6.94. The Hall–Kier alpha value is -1.55. The largest absolute Gasteiger partial charge is 0.396 e. The SMILES string of the molecule is CC(=O)Nc1ccc(NCC2(CO)CCCCC2)cc1C. The van der Waals surface area contributed by atoms with Crippen LogP contribution in [0.5, 0.6) is 0 Å². The zero-order valence-corrected chi connectivity index (χ0v) is 13.0. The van der Waals surface area contributed by atoms with Gasteiger partial charge in [0.05, 0.1) is 6.61 Å². The Morgan fingerprint density at radius 2 is 2.00 bits per heavy atom. The van der Waals surface area contributed by atoms with Crippen LogP contribution >= 0.6 is 0 Å². The molecular formula is C17H26N2O2. The number of aliphatic hydroxyl groups is 1. The molecular weight excluding hydrogens is 264 g/mol. The van der Waals surface area contributed by atoms with Gasteiger partial charge in [-0.1, -0.05) is 19.3 Å². The molecule has 1 aliphatic carbocycles. The van der Waals surface area contributed by atoms with E-state index in [0.29, 0.717) is 0 Å². The summed E-state index contributed by atoms with van der Waals surface area (Å²) >= 11 is 0. The van der Waals surface area contributed by atoms with Crippen LogP contribution < -0.4 is 10.6 Å². The smallest absolute Gasteiger partial charge is 0.221 e. The number of amides is 1. The van der Waals surface area contributed by atoms with Crippen molar-refractivity contribution in [1.29, 1.82) is 0 Å².